The monoisotopic (exact) mass is 330 g/mol. The molecule has 1 aromatic rings. The van der Waals surface area contributed by atoms with Crippen LogP contribution in [0, 0.1) is 0 Å². The number of hydrogen-bond acceptors (Lipinski definition) is 5. The predicted molar refractivity (Wildman–Crippen MR) is 84.7 cm³/mol. The van der Waals surface area contributed by atoms with Gasteiger partial charge in [-0.15, -0.1) is 0 Å². The number of carbonyl (C=O) groups is 1. The molecule has 8 heteroatoms. The Morgan fingerprint density at radius 3 is 2.41 bits per heavy atom. The highest BCUT2D eigenvalue weighted by Gasteiger charge is 2.14. The molecular weight excluding hydrogens is 308 g/mol. The van der Waals surface area contributed by atoms with Crippen LogP contribution in [0.1, 0.15) is 6.92 Å². The normalized spacial score (nSPS) is 11.0. The third kappa shape index (κ3) is 5.90. The highest BCUT2D eigenvalue weighted by atomic mass is 32.2. The zero-order valence-electron chi connectivity index (χ0n) is 13.0. The number of benzene rings is 1. The molecule has 1 rings (SSSR count). The maximum absolute atomic E-state index is 11.6. The summed E-state index contributed by atoms with van der Waals surface area (Å²) in [6.45, 7) is 2.87. The predicted octanol–water partition coefficient (Wildman–Crippen LogP) is 0.614. The SMILES string of the molecule is CCN(c1ccc(OCC(=O)NCCOC)cc1)S(C)(=O)=O. The molecule has 1 aromatic carbocycles. The van der Waals surface area contributed by atoms with Crippen molar-refractivity contribution in [2.24, 2.45) is 0 Å². The lowest BCUT2D eigenvalue weighted by molar-refractivity contribution is -0.123. The first kappa shape index (κ1) is 18.2. The molecule has 0 fully saturated rings. The summed E-state index contributed by atoms with van der Waals surface area (Å²) in [5, 5.41) is 2.64. The van der Waals surface area contributed by atoms with Crippen molar-refractivity contribution in [1.82, 2.24) is 5.32 Å². The molecule has 0 aliphatic heterocycles. The van der Waals surface area contributed by atoms with Crippen molar-refractivity contribution in [3.8, 4) is 5.75 Å². The van der Waals surface area contributed by atoms with Crippen LogP contribution in [0.5, 0.6) is 5.75 Å². The average Bonchev–Trinajstić information content (AvgIpc) is 2.46. The minimum Gasteiger partial charge on any atom is -0.484 e. The number of nitrogens with one attached hydrogen (secondary N) is 1. The molecule has 22 heavy (non-hydrogen) atoms. The smallest absolute Gasteiger partial charge is 0.258 e. The largest absolute Gasteiger partial charge is 0.484 e. The number of amides is 1. The molecule has 0 spiro atoms. The summed E-state index contributed by atoms with van der Waals surface area (Å²) in [5.41, 5.74) is 0.557. The summed E-state index contributed by atoms with van der Waals surface area (Å²) in [4.78, 5) is 11.5. The zero-order chi connectivity index (χ0) is 16.6. The van der Waals surface area contributed by atoms with Crippen LogP contribution < -0.4 is 14.4 Å². The summed E-state index contributed by atoms with van der Waals surface area (Å²) in [6, 6.07) is 6.54. The van der Waals surface area contributed by atoms with E-state index in [4.69, 9.17) is 9.47 Å². The van der Waals surface area contributed by atoms with Crippen molar-refractivity contribution < 1.29 is 22.7 Å². The van der Waals surface area contributed by atoms with Gasteiger partial charge >= 0.3 is 0 Å². The van der Waals surface area contributed by atoms with Crippen molar-refractivity contribution in [1.29, 1.82) is 0 Å². The molecule has 124 valence electrons. The van der Waals surface area contributed by atoms with Crippen molar-refractivity contribution in [2.75, 3.05) is 44.0 Å². The molecule has 7 nitrogen and oxygen atoms in total. The van der Waals surface area contributed by atoms with Gasteiger partial charge in [0, 0.05) is 20.2 Å². The van der Waals surface area contributed by atoms with E-state index < -0.39 is 10.0 Å². The van der Waals surface area contributed by atoms with Gasteiger partial charge in [-0.3, -0.25) is 9.10 Å². The molecule has 0 unspecified atom stereocenters. The number of methoxy groups -OCH3 is 1. The molecule has 1 amide bonds. The Labute approximate surface area is 131 Å². The van der Waals surface area contributed by atoms with Gasteiger partial charge < -0.3 is 14.8 Å². The first-order chi connectivity index (χ1) is 10.4. The number of anilines is 1. The van der Waals surface area contributed by atoms with Gasteiger partial charge in [0.1, 0.15) is 5.75 Å². The van der Waals surface area contributed by atoms with E-state index >= 15 is 0 Å². The van der Waals surface area contributed by atoms with Gasteiger partial charge in [0.25, 0.3) is 5.91 Å². The number of carbonyl (C=O) groups excluding carboxylic acids is 1. The van der Waals surface area contributed by atoms with E-state index in [1.54, 1.807) is 38.3 Å². The molecule has 0 aliphatic rings. The molecule has 0 heterocycles. The number of ether oxygens (including phenoxy) is 2. The van der Waals surface area contributed by atoms with E-state index in [0.29, 0.717) is 31.1 Å². The number of hydrogen-bond donors (Lipinski definition) is 1. The lowest BCUT2D eigenvalue weighted by Gasteiger charge is -2.20. The Kier molecular flexibility index (Phi) is 7.13. The van der Waals surface area contributed by atoms with E-state index in [1.165, 1.54) is 4.31 Å². The van der Waals surface area contributed by atoms with Gasteiger partial charge in [0.2, 0.25) is 10.0 Å². The highest BCUT2D eigenvalue weighted by molar-refractivity contribution is 7.92. The van der Waals surface area contributed by atoms with Gasteiger partial charge in [-0.25, -0.2) is 8.42 Å². The minimum absolute atomic E-state index is 0.105. The van der Waals surface area contributed by atoms with E-state index in [2.05, 4.69) is 5.32 Å². The molecule has 0 saturated heterocycles. The first-order valence-electron chi connectivity index (χ1n) is 6.84. The Balaban J connectivity index is 2.57. The number of nitrogens with zero attached hydrogens (tertiary/aromatic N) is 1. The second-order valence-electron chi connectivity index (χ2n) is 4.55. The van der Waals surface area contributed by atoms with Crippen molar-refractivity contribution in [3.05, 3.63) is 24.3 Å². The quantitative estimate of drug-likeness (QED) is 0.671. The molecule has 0 aromatic heterocycles. The number of sulfonamides is 1. The highest BCUT2D eigenvalue weighted by Crippen LogP contribution is 2.21. The maximum atomic E-state index is 11.6. The van der Waals surface area contributed by atoms with Crippen molar-refractivity contribution >= 4 is 21.6 Å². The maximum Gasteiger partial charge on any atom is 0.258 e. The van der Waals surface area contributed by atoms with Crippen LogP contribution in [0.2, 0.25) is 0 Å². The van der Waals surface area contributed by atoms with Gasteiger partial charge in [0.05, 0.1) is 18.6 Å². The standard InChI is InChI=1S/C14H22N2O5S/c1-4-16(22(3,18)19)12-5-7-13(8-6-12)21-11-14(17)15-9-10-20-2/h5-8H,4,9-11H2,1-3H3,(H,15,17). The first-order valence-corrected chi connectivity index (χ1v) is 8.69. The molecule has 1 N–H and O–H groups in total. The molecule has 0 radical (unpaired) electrons. The molecular formula is C14H22N2O5S. The number of rotatable bonds is 9. The van der Waals surface area contributed by atoms with Crippen LogP contribution in [-0.2, 0) is 19.6 Å². The van der Waals surface area contributed by atoms with E-state index in [0.717, 1.165) is 6.26 Å². The zero-order valence-corrected chi connectivity index (χ0v) is 13.9. The van der Waals surface area contributed by atoms with Crippen LogP contribution in [0.15, 0.2) is 24.3 Å². The minimum atomic E-state index is -3.30. The van der Waals surface area contributed by atoms with Crippen LogP contribution in [0.25, 0.3) is 0 Å². The summed E-state index contributed by atoms with van der Waals surface area (Å²) in [6.07, 6.45) is 1.16. The molecule has 0 bridgehead atoms. The fourth-order valence-corrected chi connectivity index (χ4v) is 2.78. The second-order valence-corrected chi connectivity index (χ2v) is 6.46. The Morgan fingerprint density at radius 2 is 1.91 bits per heavy atom. The topological polar surface area (TPSA) is 84.9 Å². The van der Waals surface area contributed by atoms with Crippen molar-refractivity contribution in [2.45, 2.75) is 6.92 Å². The lowest BCUT2D eigenvalue weighted by atomic mass is 10.3. The third-order valence-electron chi connectivity index (χ3n) is 2.81. The Bertz CT molecular complexity index is 571. The summed E-state index contributed by atoms with van der Waals surface area (Å²) in [5.74, 6) is 0.252. The van der Waals surface area contributed by atoms with E-state index in [9.17, 15) is 13.2 Å². The fraction of sp³-hybridized carbons (Fsp3) is 0.500. The second kappa shape index (κ2) is 8.60. The van der Waals surface area contributed by atoms with Crippen molar-refractivity contribution in [3.63, 3.8) is 0 Å². The molecule has 0 atom stereocenters. The van der Waals surface area contributed by atoms with Crippen LogP contribution in [0.3, 0.4) is 0 Å². The lowest BCUT2D eigenvalue weighted by Crippen LogP contribution is -2.31. The van der Waals surface area contributed by atoms with Gasteiger partial charge in [-0.2, -0.15) is 0 Å². The van der Waals surface area contributed by atoms with E-state index in [1.807, 2.05) is 0 Å². The third-order valence-corrected chi connectivity index (χ3v) is 4.08. The summed E-state index contributed by atoms with van der Waals surface area (Å²) < 4.78 is 34.7. The van der Waals surface area contributed by atoms with E-state index in [-0.39, 0.29) is 12.5 Å². The average molecular weight is 330 g/mol. The van der Waals surface area contributed by atoms with Gasteiger partial charge in [-0.05, 0) is 31.2 Å². The van der Waals surface area contributed by atoms with Crippen LogP contribution >= 0.6 is 0 Å². The fourth-order valence-electron chi connectivity index (χ4n) is 1.81. The summed E-state index contributed by atoms with van der Waals surface area (Å²) >= 11 is 0. The summed E-state index contributed by atoms with van der Waals surface area (Å²) in [7, 11) is -1.75. The van der Waals surface area contributed by atoms with Gasteiger partial charge in [0.15, 0.2) is 6.61 Å². The molecule has 0 saturated carbocycles. The Hall–Kier alpha value is -1.80. The Morgan fingerprint density at radius 1 is 1.27 bits per heavy atom. The van der Waals surface area contributed by atoms with Crippen LogP contribution in [0.4, 0.5) is 5.69 Å². The van der Waals surface area contributed by atoms with Crippen LogP contribution in [-0.4, -0.2) is 54.0 Å². The van der Waals surface area contributed by atoms with Gasteiger partial charge in [-0.1, -0.05) is 0 Å². The molecule has 0 aliphatic carbocycles.